The van der Waals surface area contributed by atoms with E-state index in [1.54, 1.807) is 19.1 Å². The van der Waals surface area contributed by atoms with E-state index in [9.17, 15) is 4.79 Å². The summed E-state index contributed by atoms with van der Waals surface area (Å²) in [6, 6.07) is 19.2. The molecule has 0 fully saturated rings. The van der Waals surface area contributed by atoms with Crippen LogP contribution in [0.15, 0.2) is 60.7 Å². The van der Waals surface area contributed by atoms with E-state index in [-0.39, 0.29) is 5.91 Å². The molecule has 0 saturated heterocycles. The molecule has 4 heteroatoms. The third kappa shape index (κ3) is 3.36. The quantitative estimate of drug-likeness (QED) is 0.708. The number of hydrogen-bond acceptors (Lipinski definition) is 2. The van der Waals surface area contributed by atoms with Crippen molar-refractivity contribution >= 4 is 34.0 Å². The van der Waals surface area contributed by atoms with Crippen LogP contribution in [0.4, 0.5) is 5.69 Å². The summed E-state index contributed by atoms with van der Waals surface area (Å²) in [7, 11) is 0. The van der Waals surface area contributed by atoms with Gasteiger partial charge in [-0.2, -0.15) is 0 Å². The van der Waals surface area contributed by atoms with E-state index in [2.05, 4.69) is 5.32 Å². The summed E-state index contributed by atoms with van der Waals surface area (Å²) in [6.07, 6.45) is -0.630. The minimum Gasteiger partial charge on any atom is -0.480 e. The summed E-state index contributed by atoms with van der Waals surface area (Å²) in [4.78, 5) is 12.4. The monoisotopic (exact) mass is 339 g/mol. The maximum absolute atomic E-state index is 12.4. The second-order valence-corrected chi connectivity index (χ2v) is 6.05. The maximum atomic E-state index is 12.4. The Morgan fingerprint density at radius 2 is 1.75 bits per heavy atom. The number of carbonyl (C=O) groups excluding carboxylic acids is 1. The number of carbonyl (C=O) groups is 1. The van der Waals surface area contributed by atoms with Crippen LogP contribution in [0.25, 0.3) is 10.8 Å². The molecule has 0 aromatic heterocycles. The SMILES string of the molecule is Cc1c(Cl)cccc1NC(=O)[C@@H](C)Oc1cccc2ccccc12. The lowest BCUT2D eigenvalue weighted by molar-refractivity contribution is -0.122. The van der Waals surface area contributed by atoms with E-state index < -0.39 is 6.10 Å². The predicted octanol–water partition coefficient (Wildman–Crippen LogP) is 5.21. The van der Waals surface area contributed by atoms with Gasteiger partial charge in [-0.15, -0.1) is 0 Å². The van der Waals surface area contributed by atoms with E-state index in [4.69, 9.17) is 16.3 Å². The van der Waals surface area contributed by atoms with Crippen LogP contribution in [0, 0.1) is 6.92 Å². The van der Waals surface area contributed by atoms with Gasteiger partial charge in [0.2, 0.25) is 0 Å². The molecule has 3 rings (SSSR count). The van der Waals surface area contributed by atoms with E-state index >= 15 is 0 Å². The summed E-state index contributed by atoms with van der Waals surface area (Å²) in [6.45, 7) is 3.60. The van der Waals surface area contributed by atoms with Crippen molar-refractivity contribution in [3.05, 3.63) is 71.2 Å². The molecule has 0 bridgehead atoms. The first kappa shape index (κ1) is 16.3. The molecule has 122 valence electrons. The van der Waals surface area contributed by atoms with Gasteiger partial charge in [-0.05, 0) is 43.0 Å². The standard InChI is InChI=1S/C20H18ClNO2/c1-13-17(21)10-6-11-18(13)22-20(23)14(2)24-19-12-5-8-15-7-3-4-9-16(15)19/h3-12,14H,1-2H3,(H,22,23)/t14-/m1/s1. The number of fused-ring (bicyclic) bond motifs is 1. The van der Waals surface area contributed by atoms with Crippen LogP contribution in [0.5, 0.6) is 5.75 Å². The number of anilines is 1. The summed E-state index contributed by atoms with van der Waals surface area (Å²) in [5.41, 5.74) is 1.53. The van der Waals surface area contributed by atoms with Crippen LogP contribution in [-0.2, 0) is 4.79 Å². The molecule has 0 radical (unpaired) electrons. The highest BCUT2D eigenvalue weighted by Crippen LogP contribution is 2.27. The van der Waals surface area contributed by atoms with Gasteiger partial charge in [0.05, 0.1) is 0 Å². The van der Waals surface area contributed by atoms with Crippen molar-refractivity contribution in [3.63, 3.8) is 0 Å². The van der Waals surface area contributed by atoms with Crippen molar-refractivity contribution in [1.29, 1.82) is 0 Å². The van der Waals surface area contributed by atoms with Gasteiger partial charge >= 0.3 is 0 Å². The van der Waals surface area contributed by atoms with Gasteiger partial charge in [-0.1, -0.05) is 54.1 Å². The van der Waals surface area contributed by atoms with Crippen molar-refractivity contribution < 1.29 is 9.53 Å². The zero-order chi connectivity index (χ0) is 17.1. The van der Waals surface area contributed by atoms with Crippen molar-refractivity contribution in [2.45, 2.75) is 20.0 Å². The van der Waals surface area contributed by atoms with Crippen molar-refractivity contribution in [2.75, 3.05) is 5.32 Å². The molecule has 1 atom stereocenters. The second-order valence-electron chi connectivity index (χ2n) is 5.64. The number of halogens is 1. The third-order valence-electron chi connectivity index (χ3n) is 3.95. The fourth-order valence-electron chi connectivity index (χ4n) is 2.52. The van der Waals surface area contributed by atoms with Gasteiger partial charge in [-0.3, -0.25) is 4.79 Å². The minimum absolute atomic E-state index is 0.215. The molecule has 0 spiro atoms. The number of hydrogen-bond donors (Lipinski definition) is 1. The molecular weight excluding hydrogens is 322 g/mol. The molecular formula is C20H18ClNO2. The fraction of sp³-hybridized carbons (Fsp3) is 0.150. The van der Waals surface area contributed by atoms with Gasteiger partial charge in [0.25, 0.3) is 5.91 Å². The number of benzene rings is 3. The van der Waals surface area contributed by atoms with Crippen LogP contribution < -0.4 is 10.1 Å². The zero-order valence-electron chi connectivity index (χ0n) is 13.5. The van der Waals surface area contributed by atoms with Crippen LogP contribution in [0.1, 0.15) is 12.5 Å². The highest BCUT2D eigenvalue weighted by molar-refractivity contribution is 6.31. The number of rotatable bonds is 4. The van der Waals surface area contributed by atoms with E-state index in [1.165, 1.54) is 0 Å². The Labute approximate surface area is 146 Å². The minimum atomic E-state index is -0.630. The molecule has 0 unspecified atom stereocenters. The summed E-state index contributed by atoms with van der Waals surface area (Å²) >= 11 is 6.09. The average Bonchev–Trinajstić information content (AvgIpc) is 2.59. The molecule has 0 aliphatic rings. The lowest BCUT2D eigenvalue weighted by Crippen LogP contribution is -2.30. The first-order valence-electron chi connectivity index (χ1n) is 7.76. The van der Waals surface area contributed by atoms with Gasteiger partial charge < -0.3 is 10.1 Å². The Kier molecular flexibility index (Phi) is 4.72. The Hall–Kier alpha value is -2.52. The van der Waals surface area contributed by atoms with Crippen molar-refractivity contribution in [1.82, 2.24) is 0 Å². The molecule has 0 aliphatic carbocycles. The number of nitrogens with one attached hydrogen (secondary N) is 1. The molecule has 3 aromatic rings. The maximum Gasteiger partial charge on any atom is 0.265 e. The topological polar surface area (TPSA) is 38.3 Å². The first-order chi connectivity index (χ1) is 11.6. The molecule has 3 aromatic carbocycles. The van der Waals surface area contributed by atoms with E-state index in [1.807, 2.05) is 55.5 Å². The predicted molar refractivity (Wildman–Crippen MR) is 98.9 cm³/mol. The van der Waals surface area contributed by atoms with Gasteiger partial charge in [0.15, 0.2) is 6.10 Å². The summed E-state index contributed by atoms with van der Waals surface area (Å²) in [5.74, 6) is 0.479. The fourth-order valence-corrected chi connectivity index (χ4v) is 2.69. The van der Waals surface area contributed by atoms with Gasteiger partial charge in [0, 0.05) is 16.1 Å². The van der Waals surface area contributed by atoms with Crippen molar-refractivity contribution in [3.8, 4) is 5.75 Å². The Morgan fingerprint density at radius 3 is 2.58 bits per heavy atom. The Bertz CT molecular complexity index is 886. The van der Waals surface area contributed by atoms with Crippen LogP contribution >= 0.6 is 11.6 Å². The molecule has 1 amide bonds. The second kappa shape index (κ2) is 6.93. The normalized spacial score (nSPS) is 12.0. The largest absolute Gasteiger partial charge is 0.480 e. The van der Waals surface area contributed by atoms with Crippen LogP contribution in [0.3, 0.4) is 0 Å². The van der Waals surface area contributed by atoms with Crippen molar-refractivity contribution in [2.24, 2.45) is 0 Å². The highest BCUT2D eigenvalue weighted by atomic mass is 35.5. The van der Waals surface area contributed by atoms with Crippen LogP contribution in [-0.4, -0.2) is 12.0 Å². The number of ether oxygens (including phenoxy) is 1. The van der Waals surface area contributed by atoms with Gasteiger partial charge in [0.1, 0.15) is 5.75 Å². The molecule has 0 saturated carbocycles. The summed E-state index contributed by atoms with van der Waals surface area (Å²) in [5, 5.41) is 5.55. The highest BCUT2D eigenvalue weighted by Gasteiger charge is 2.17. The Morgan fingerprint density at radius 1 is 1.04 bits per heavy atom. The van der Waals surface area contributed by atoms with E-state index in [0.717, 1.165) is 16.3 Å². The number of amides is 1. The summed E-state index contributed by atoms with van der Waals surface area (Å²) < 4.78 is 5.89. The van der Waals surface area contributed by atoms with E-state index in [0.29, 0.717) is 16.5 Å². The smallest absolute Gasteiger partial charge is 0.265 e. The van der Waals surface area contributed by atoms with Crippen LogP contribution in [0.2, 0.25) is 5.02 Å². The Balaban J connectivity index is 1.77. The molecule has 24 heavy (non-hydrogen) atoms. The first-order valence-corrected chi connectivity index (χ1v) is 8.14. The zero-order valence-corrected chi connectivity index (χ0v) is 14.3. The average molecular weight is 340 g/mol. The molecule has 1 N–H and O–H groups in total. The molecule has 3 nitrogen and oxygen atoms in total. The molecule has 0 aliphatic heterocycles. The third-order valence-corrected chi connectivity index (χ3v) is 4.36. The van der Waals surface area contributed by atoms with Gasteiger partial charge in [-0.25, -0.2) is 0 Å². The lowest BCUT2D eigenvalue weighted by Gasteiger charge is -2.17. The molecule has 0 heterocycles. The lowest BCUT2D eigenvalue weighted by atomic mass is 10.1.